The van der Waals surface area contributed by atoms with Crippen LogP contribution in [0.3, 0.4) is 0 Å². The molecular weight excluding hydrogens is 270 g/mol. The molecule has 0 amide bonds. The summed E-state index contributed by atoms with van der Waals surface area (Å²) in [6.07, 6.45) is 0. The Bertz CT molecular complexity index is 594. The molecular formula is C16H21NO2S. The van der Waals surface area contributed by atoms with Gasteiger partial charge < -0.3 is 4.52 Å². The zero-order valence-corrected chi connectivity index (χ0v) is 13.3. The summed E-state index contributed by atoms with van der Waals surface area (Å²) in [5.41, 5.74) is 3.35. The Labute approximate surface area is 122 Å². The van der Waals surface area contributed by atoms with Crippen LogP contribution in [0.1, 0.15) is 43.4 Å². The minimum Gasteiger partial charge on any atom is -0.360 e. The van der Waals surface area contributed by atoms with E-state index >= 15 is 0 Å². The van der Waals surface area contributed by atoms with Crippen LogP contribution in [0, 0.1) is 6.92 Å². The zero-order valence-electron chi connectivity index (χ0n) is 12.5. The SMILES string of the molecule is Cc1cc(C[S@@](=O)Cc2ccc(C(C)(C)C)cc2)on1. The number of rotatable bonds is 4. The van der Waals surface area contributed by atoms with Crippen molar-refractivity contribution in [2.24, 2.45) is 0 Å². The van der Waals surface area contributed by atoms with Gasteiger partial charge in [-0.3, -0.25) is 4.21 Å². The fraction of sp³-hybridized carbons (Fsp3) is 0.438. The maximum absolute atomic E-state index is 12.1. The normalized spacial score (nSPS) is 13.4. The largest absolute Gasteiger partial charge is 0.360 e. The van der Waals surface area contributed by atoms with Crippen LogP contribution in [0.4, 0.5) is 0 Å². The molecule has 0 spiro atoms. The average molecular weight is 291 g/mol. The van der Waals surface area contributed by atoms with Crippen LogP contribution in [0.5, 0.6) is 0 Å². The summed E-state index contributed by atoms with van der Waals surface area (Å²) >= 11 is 0. The van der Waals surface area contributed by atoms with Gasteiger partial charge in [0.1, 0.15) is 5.76 Å². The van der Waals surface area contributed by atoms with E-state index in [1.54, 1.807) is 0 Å². The Morgan fingerprint density at radius 1 is 1.15 bits per heavy atom. The van der Waals surface area contributed by atoms with Crippen LogP contribution >= 0.6 is 0 Å². The van der Waals surface area contributed by atoms with E-state index in [4.69, 9.17) is 4.52 Å². The van der Waals surface area contributed by atoms with Crippen LogP contribution in [-0.4, -0.2) is 9.37 Å². The topological polar surface area (TPSA) is 43.1 Å². The van der Waals surface area contributed by atoms with Gasteiger partial charge in [0.05, 0.1) is 11.4 Å². The van der Waals surface area contributed by atoms with Gasteiger partial charge in [-0.2, -0.15) is 0 Å². The predicted molar refractivity (Wildman–Crippen MR) is 81.9 cm³/mol. The Hall–Kier alpha value is -1.42. The second-order valence-electron chi connectivity index (χ2n) is 6.11. The molecule has 108 valence electrons. The number of aryl methyl sites for hydroxylation is 1. The maximum atomic E-state index is 12.1. The monoisotopic (exact) mass is 291 g/mol. The number of hydrogen-bond donors (Lipinski definition) is 0. The van der Waals surface area contributed by atoms with Crippen molar-refractivity contribution in [3.63, 3.8) is 0 Å². The van der Waals surface area contributed by atoms with Gasteiger partial charge in [0.2, 0.25) is 0 Å². The summed E-state index contributed by atoms with van der Waals surface area (Å²) in [6.45, 7) is 8.42. The molecule has 0 N–H and O–H groups in total. The van der Waals surface area contributed by atoms with Gasteiger partial charge in [-0.1, -0.05) is 50.2 Å². The lowest BCUT2D eigenvalue weighted by Gasteiger charge is -2.19. The summed E-state index contributed by atoms with van der Waals surface area (Å²) in [6, 6.07) is 10.2. The third kappa shape index (κ3) is 4.04. The molecule has 0 saturated carbocycles. The molecule has 0 aliphatic heterocycles. The number of nitrogens with zero attached hydrogens (tertiary/aromatic N) is 1. The first kappa shape index (κ1) is 15.0. The van der Waals surface area contributed by atoms with Crippen molar-refractivity contribution in [2.75, 3.05) is 0 Å². The molecule has 4 heteroatoms. The van der Waals surface area contributed by atoms with Crippen molar-refractivity contribution in [1.82, 2.24) is 5.16 Å². The molecule has 0 aliphatic carbocycles. The molecule has 1 aromatic heterocycles. The molecule has 2 aromatic rings. The summed E-state index contributed by atoms with van der Waals surface area (Å²) < 4.78 is 17.2. The molecule has 0 radical (unpaired) electrons. The summed E-state index contributed by atoms with van der Waals surface area (Å²) in [5.74, 6) is 1.65. The van der Waals surface area contributed by atoms with Gasteiger partial charge in [-0.05, 0) is 23.5 Å². The molecule has 0 saturated heterocycles. The van der Waals surface area contributed by atoms with E-state index in [0.29, 0.717) is 17.3 Å². The molecule has 1 atom stereocenters. The molecule has 3 nitrogen and oxygen atoms in total. The first-order chi connectivity index (χ1) is 9.34. The van der Waals surface area contributed by atoms with Crippen LogP contribution < -0.4 is 0 Å². The Morgan fingerprint density at radius 2 is 1.80 bits per heavy atom. The Morgan fingerprint density at radius 3 is 2.30 bits per heavy atom. The van der Waals surface area contributed by atoms with E-state index < -0.39 is 10.8 Å². The highest BCUT2D eigenvalue weighted by atomic mass is 32.2. The molecule has 0 unspecified atom stereocenters. The van der Waals surface area contributed by atoms with Crippen LogP contribution in [0.25, 0.3) is 0 Å². The third-order valence-electron chi connectivity index (χ3n) is 3.13. The number of hydrogen-bond acceptors (Lipinski definition) is 3. The quantitative estimate of drug-likeness (QED) is 0.862. The fourth-order valence-electron chi connectivity index (χ4n) is 1.98. The van der Waals surface area contributed by atoms with E-state index in [1.165, 1.54) is 5.56 Å². The summed E-state index contributed by atoms with van der Waals surface area (Å²) in [5, 5.41) is 3.81. The highest BCUT2D eigenvalue weighted by molar-refractivity contribution is 7.83. The second-order valence-corrected chi connectivity index (χ2v) is 7.57. The first-order valence-electron chi connectivity index (χ1n) is 6.71. The highest BCUT2D eigenvalue weighted by Crippen LogP contribution is 2.22. The Kier molecular flexibility index (Phi) is 4.43. The molecule has 0 bridgehead atoms. The molecule has 2 rings (SSSR count). The highest BCUT2D eigenvalue weighted by Gasteiger charge is 2.13. The van der Waals surface area contributed by atoms with Crippen molar-refractivity contribution >= 4 is 10.8 Å². The van der Waals surface area contributed by atoms with E-state index in [2.05, 4.69) is 50.2 Å². The molecule has 0 fully saturated rings. The van der Waals surface area contributed by atoms with E-state index in [0.717, 1.165) is 11.3 Å². The lowest BCUT2D eigenvalue weighted by Crippen LogP contribution is -2.10. The minimum atomic E-state index is -0.970. The van der Waals surface area contributed by atoms with Gasteiger partial charge in [0.15, 0.2) is 0 Å². The van der Waals surface area contributed by atoms with E-state index in [9.17, 15) is 4.21 Å². The predicted octanol–water partition coefficient (Wildman–Crippen LogP) is 3.73. The molecule has 1 heterocycles. The fourth-order valence-corrected chi connectivity index (χ4v) is 3.10. The van der Waals surface area contributed by atoms with Crippen LogP contribution in [0.15, 0.2) is 34.9 Å². The third-order valence-corrected chi connectivity index (χ3v) is 4.39. The smallest absolute Gasteiger partial charge is 0.149 e. The zero-order chi connectivity index (χ0) is 14.8. The van der Waals surface area contributed by atoms with Crippen molar-refractivity contribution in [1.29, 1.82) is 0 Å². The maximum Gasteiger partial charge on any atom is 0.149 e. The van der Waals surface area contributed by atoms with Crippen molar-refractivity contribution in [2.45, 2.75) is 44.6 Å². The molecule has 20 heavy (non-hydrogen) atoms. The van der Waals surface area contributed by atoms with Crippen LogP contribution in [0.2, 0.25) is 0 Å². The summed E-state index contributed by atoms with van der Waals surface area (Å²) in [7, 11) is -0.970. The van der Waals surface area contributed by atoms with Gasteiger partial charge in [-0.25, -0.2) is 0 Å². The van der Waals surface area contributed by atoms with Crippen molar-refractivity contribution in [3.05, 3.63) is 52.9 Å². The molecule has 0 aliphatic rings. The van der Waals surface area contributed by atoms with Gasteiger partial charge in [0.25, 0.3) is 0 Å². The Balaban J connectivity index is 1.98. The van der Waals surface area contributed by atoms with Crippen molar-refractivity contribution < 1.29 is 8.73 Å². The minimum absolute atomic E-state index is 0.148. The molecule has 1 aromatic carbocycles. The second kappa shape index (κ2) is 5.92. The van der Waals surface area contributed by atoms with Crippen LogP contribution in [-0.2, 0) is 27.7 Å². The van der Waals surface area contributed by atoms with E-state index in [1.807, 2.05) is 13.0 Å². The first-order valence-corrected chi connectivity index (χ1v) is 8.20. The average Bonchev–Trinajstić information content (AvgIpc) is 2.74. The van der Waals surface area contributed by atoms with Gasteiger partial charge >= 0.3 is 0 Å². The van der Waals surface area contributed by atoms with Gasteiger partial charge in [-0.15, -0.1) is 0 Å². The lowest BCUT2D eigenvalue weighted by atomic mass is 9.87. The van der Waals surface area contributed by atoms with Gasteiger partial charge in [0, 0.05) is 22.6 Å². The van der Waals surface area contributed by atoms with Crippen molar-refractivity contribution in [3.8, 4) is 0 Å². The van der Waals surface area contributed by atoms with E-state index in [-0.39, 0.29) is 5.41 Å². The number of benzene rings is 1. The summed E-state index contributed by atoms with van der Waals surface area (Å²) in [4.78, 5) is 0. The standard InChI is InChI=1S/C16H21NO2S/c1-12-9-15(19-17-12)11-20(18)10-13-5-7-14(8-6-13)16(2,3)4/h5-9H,10-11H2,1-4H3/t20-/m0/s1. The lowest BCUT2D eigenvalue weighted by molar-refractivity contribution is 0.390. The number of aromatic nitrogens is 1.